The van der Waals surface area contributed by atoms with Crippen molar-refractivity contribution in [1.82, 2.24) is 14.5 Å². The van der Waals surface area contributed by atoms with Crippen molar-refractivity contribution in [2.24, 2.45) is 0 Å². The fourth-order valence-electron chi connectivity index (χ4n) is 6.56. The molecular formula is C49H39IrN3S-2. The molecule has 0 aliphatic carbocycles. The van der Waals surface area contributed by atoms with Gasteiger partial charge in [0, 0.05) is 45.7 Å². The van der Waals surface area contributed by atoms with E-state index in [0.717, 1.165) is 28.1 Å². The number of nitrogens with zero attached hydrogens (tertiary/aromatic N) is 3. The average Bonchev–Trinajstić information content (AvgIpc) is 3.85. The molecule has 0 fully saturated rings. The number of rotatable bonds is 6. The van der Waals surface area contributed by atoms with Gasteiger partial charge >= 0.3 is 0 Å². The van der Waals surface area contributed by atoms with E-state index in [4.69, 9.17) is 13.2 Å². The van der Waals surface area contributed by atoms with Crippen LogP contribution in [0.3, 0.4) is 0 Å². The number of benzene rings is 6. The maximum Gasteiger partial charge on any atom is 0.0774 e. The summed E-state index contributed by atoms with van der Waals surface area (Å²) in [4.78, 5) is 9.34. The molecule has 0 unspecified atom stereocenters. The summed E-state index contributed by atoms with van der Waals surface area (Å²) in [6.07, 6.45) is 1.30. The summed E-state index contributed by atoms with van der Waals surface area (Å²) in [6, 6.07) is 53.6. The topological polar surface area (TPSA) is 30.7 Å². The first-order chi connectivity index (χ1) is 28.4. The van der Waals surface area contributed by atoms with E-state index in [1.54, 1.807) is 23.5 Å². The van der Waals surface area contributed by atoms with Crippen molar-refractivity contribution in [3.63, 3.8) is 0 Å². The zero-order valence-corrected chi connectivity index (χ0v) is 32.9. The van der Waals surface area contributed by atoms with Gasteiger partial charge in [-0.3, -0.25) is 16.3 Å². The van der Waals surface area contributed by atoms with Gasteiger partial charge in [0.05, 0.1) is 22.5 Å². The molecule has 9 aromatic rings. The van der Waals surface area contributed by atoms with Gasteiger partial charge in [-0.15, -0.1) is 46.8 Å². The van der Waals surface area contributed by atoms with E-state index in [2.05, 4.69) is 156 Å². The first-order valence-corrected chi connectivity index (χ1v) is 18.3. The molecule has 9 rings (SSSR count). The molecule has 0 spiro atoms. The standard InChI is InChI=1S/C36H27N2S.C13H12N.Ir/c1-24(2)27-20-21-34-30(22-27)31(23-39-34)36-37-32-18-9-10-19-33(32)38(36)35-28(25-12-5-3-6-13-25)16-11-17-29(35)26-14-7-4-8-15-26;1-10-3-6-12(7-4-10)13-8-5-11(2)9-14-13;/h3-22,24H,1-2H3;3-6,8-9H,1-2H3;/q2*-1;/i;1D3,2D3;. The van der Waals surface area contributed by atoms with Crippen LogP contribution < -0.4 is 0 Å². The predicted octanol–water partition coefficient (Wildman–Crippen LogP) is 13.3. The van der Waals surface area contributed by atoms with Gasteiger partial charge in [-0.05, 0) is 47.3 Å². The molecule has 267 valence electrons. The van der Waals surface area contributed by atoms with Crippen LogP contribution >= 0.6 is 11.3 Å². The number of thiophene rings is 1. The van der Waals surface area contributed by atoms with Gasteiger partial charge in [-0.25, -0.2) is 0 Å². The number of aromatic nitrogens is 3. The van der Waals surface area contributed by atoms with Crippen LogP contribution in [0.25, 0.3) is 71.7 Å². The molecule has 3 aromatic heterocycles. The molecule has 54 heavy (non-hydrogen) atoms. The number of fused-ring (bicyclic) bond motifs is 2. The summed E-state index contributed by atoms with van der Waals surface area (Å²) in [6.45, 7) is 0.150. The second-order valence-corrected chi connectivity index (χ2v) is 14.0. The molecular weight excluding hydrogens is 855 g/mol. The summed E-state index contributed by atoms with van der Waals surface area (Å²) >= 11 is 1.67. The normalized spacial score (nSPS) is 13.1. The van der Waals surface area contributed by atoms with Crippen molar-refractivity contribution in [3.8, 4) is 50.6 Å². The zero-order chi connectivity index (χ0) is 41.3. The van der Waals surface area contributed by atoms with Gasteiger partial charge in [0.25, 0.3) is 0 Å². The number of imidazole rings is 1. The average molecular weight is 900 g/mol. The molecule has 6 aromatic carbocycles. The molecule has 5 heteroatoms. The number of para-hydroxylation sites is 3. The maximum atomic E-state index is 7.28. The van der Waals surface area contributed by atoms with Crippen molar-refractivity contribution in [2.75, 3.05) is 0 Å². The Kier molecular flexibility index (Phi) is 9.03. The fourth-order valence-corrected chi connectivity index (χ4v) is 7.38. The molecule has 1 radical (unpaired) electrons. The van der Waals surface area contributed by atoms with Gasteiger partial charge < -0.3 is 9.55 Å². The Labute approximate surface area is 343 Å². The molecule has 3 nitrogen and oxygen atoms in total. The van der Waals surface area contributed by atoms with Gasteiger partial charge in [-0.2, -0.15) is 0 Å². The van der Waals surface area contributed by atoms with Crippen molar-refractivity contribution in [3.05, 3.63) is 186 Å². The Morgan fingerprint density at radius 3 is 2.02 bits per heavy atom. The van der Waals surface area contributed by atoms with Crippen LogP contribution in [-0.2, 0) is 20.1 Å². The third kappa shape index (κ3) is 7.49. The van der Waals surface area contributed by atoms with Gasteiger partial charge in [0.2, 0.25) is 0 Å². The third-order valence-electron chi connectivity index (χ3n) is 9.27. The van der Waals surface area contributed by atoms with Crippen LogP contribution in [0.15, 0.2) is 158 Å². The van der Waals surface area contributed by atoms with Crippen LogP contribution in [0.4, 0.5) is 0 Å². The number of aryl methyl sites for hydroxylation is 2. The van der Waals surface area contributed by atoms with E-state index in [9.17, 15) is 0 Å². The van der Waals surface area contributed by atoms with Crippen molar-refractivity contribution >= 4 is 32.5 Å². The van der Waals surface area contributed by atoms with Crippen LogP contribution in [-0.4, -0.2) is 14.5 Å². The second kappa shape index (κ2) is 16.3. The maximum absolute atomic E-state index is 7.28. The van der Waals surface area contributed by atoms with Crippen LogP contribution in [0.1, 0.15) is 44.7 Å². The summed E-state index contributed by atoms with van der Waals surface area (Å²) in [5.74, 6) is 1.37. The van der Waals surface area contributed by atoms with E-state index in [-0.39, 0.29) is 31.2 Å². The Hall–Kier alpha value is -5.45. The summed E-state index contributed by atoms with van der Waals surface area (Å²) in [7, 11) is 0. The molecule has 0 saturated heterocycles. The zero-order valence-electron chi connectivity index (χ0n) is 35.7. The number of pyridine rings is 1. The molecule has 0 atom stereocenters. The SMILES string of the molecule is CC(C)c1ccc2s[c-]c(-c3nc4ccccc4n3-c3c(-c4ccccc4)cccc3-c3ccccc3)c2c1.[2H]C([2H])([2H])c1c[c-]c(-c2ccc(C([2H])([2H])[2H])cn2)cc1.[Ir]. The van der Waals surface area contributed by atoms with Crippen LogP contribution in [0.2, 0.25) is 0 Å². The van der Waals surface area contributed by atoms with Crippen LogP contribution in [0, 0.1) is 25.2 Å². The van der Waals surface area contributed by atoms with E-state index in [0.29, 0.717) is 17.2 Å². The van der Waals surface area contributed by atoms with Gasteiger partial charge in [-0.1, -0.05) is 157 Å². The van der Waals surface area contributed by atoms with E-state index < -0.39 is 13.7 Å². The monoisotopic (exact) mass is 900 g/mol. The Morgan fingerprint density at radius 1 is 0.704 bits per heavy atom. The van der Waals surface area contributed by atoms with E-state index >= 15 is 0 Å². The van der Waals surface area contributed by atoms with E-state index in [1.807, 2.05) is 0 Å². The van der Waals surface area contributed by atoms with Crippen molar-refractivity contribution in [1.29, 1.82) is 0 Å². The molecule has 3 heterocycles. The third-order valence-corrected chi connectivity index (χ3v) is 10.2. The quantitative estimate of drug-likeness (QED) is 0.156. The number of hydrogen-bond donors (Lipinski definition) is 0. The first-order valence-electron chi connectivity index (χ1n) is 20.5. The number of hydrogen-bond acceptors (Lipinski definition) is 3. The molecule has 0 aliphatic rings. The van der Waals surface area contributed by atoms with Crippen molar-refractivity contribution < 1.29 is 28.3 Å². The molecule has 0 aliphatic heterocycles. The van der Waals surface area contributed by atoms with Gasteiger partial charge in [0.1, 0.15) is 0 Å². The minimum Gasteiger partial charge on any atom is -0.332 e. The Morgan fingerprint density at radius 2 is 1.39 bits per heavy atom. The van der Waals surface area contributed by atoms with E-state index in [1.165, 1.54) is 62.3 Å². The Bertz CT molecular complexity index is 2750. The second-order valence-electron chi connectivity index (χ2n) is 13.1. The molecule has 0 N–H and O–H groups in total. The molecule has 0 bridgehead atoms. The minimum atomic E-state index is -2.18. The largest absolute Gasteiger partial charge is 0.332 e. The summed E-state index contributed by atoms with van der Waals surface area (Å²) in [5.41, 5.74) is 11.8. The minimum absolute atomic E-state index is 0. The fraction of sp³-hybridized carbons (Fsp3) is 0.102. The summed E-state index contributed by atoms with van der Waals surface area (Å²) < 4.78 is 47.2. The summed E-state index contributed by atoms with van der Waals surface area (Å²) in [5, 5.41) is 4.85. The first kappa shape index (κ1) is 29.9. The molecule has 0 saturated carbocycles. The Balaban J connectivity index is 0.000000220. The molecule has 0 amide bonds. The van der Waals surface area contributed by atoms with Crippen molar-refractivity contribution in [2.45, 2.75) is 33.5 Å². The predicted molar refractivity (Wildman–Crippen MR) is 224 cm³/mol. The van der Waals surface area contributed by atoms with Gasteiger partial charge in [0.15, 0.2) is 0 Å². The van der Waals surface area contributed by atoms with Crippen LogP contribution in [0.5, 0.6) is 0 Å². The smallest absolute Gasteiger partial charge is 0.0774 e.